The Bertz CT molecular complexity index is 209. The third-order valence-corrected chi connectivity index (χ3v) is 7.85. The topological polar surface area (TPSA) is 26.3 Å². The van der Waals surface area contributed by atoms with Crippen LogP contribution in [0.15, 0.2) is 0 Å². The second-order valence-electron chi connectivity index (χ2n) is 5.38. The molecule has 0 fully saturated rings. The third-order valence-electron chi connectivity index (χ3n) is 3.02. The standard InChI is InChI=1S/C11H23ClO2Si/c1-11(2,3)15(4,5)14-8-6-7-10(13)9-12/h6-9H2,1-5H3. The second kappa shape index (κ2) is 6.02. The van der Waals surface area contributed by atoms with Crippen LogP contribution in [0.3, 0.4) is 0 Å². The normalized spacial score (nSPS) is 12.9. The molecule has 0 atom stereocenters. The van der Waals surface area contributed by atoms with Gasteiger partial charge in [0.1, 0.15) is 5.78 Å². The number of carbonyl (C=O) groups is 1. The van der Waals surface area contributed by atoms with Gasteiger partial charge in [0, 0.05) is 13.0 Å². The fourth-order valence-corrected chi connectivity index (χ4v) is 2.10. The van der Waals surface area contributed by atoms with Crippen molar-refractivity contribution in [2.75, 3.05) is 12.5 Å². The lowest BCUT2D eigenvalue weighted by Crippen LogP contribution is -2.41. The van der Waals surface area contributed by atoms with Gasteiger partial charge in [-0.3, -0.25) is 4.79 Å². The largest absolute Gasteiger partial charge is 0.417 e. The molecule has 0 aliphatic heterocycles. The van der Waals surface area contributed by atoms with E-state index in [2.05, 4.69) is 33.9 Å². The number of Topliss-reactive ketones (excluding diaryl/α,β-unsaturated/α-hetero) is 1. The first-order valence-electron chi connectivity index (χ1n) is 5.42. The van der Waals surface area contributed by atoms with Gasteiger partial charge in [0.25, 0.3) is 0 Å². The molecule has 15 heavy (non-hydrogen) atoms. The number of hydrogen-bond donors (Lipinski definition) is 0. The molecular weight excluding hydrogens is 228 g/mol. The molecule has 0 aromatic carbocycles. The van der Waals surface area contributed by atoms with Crippen LogP contribution in [0.25, 0.3) is 0 Å². The lowest BCUT2D eigenvalue weighted by atomic mass is 10.2. The van der Waals surface area contributed by atoms with Crippen LogP contribution in [0.4, 0.5) is 0 Å². The first kappa shape index (κ1) is 15.1. The Morgan fingerprint density at radius 2 is 1.87 bits per heavy atom. The first-order valence-corrected chi connectivity index (χ1v) is 8.86. The van der Waals surface area contributed by atoms with Crippen LogP contribution in [-0.4, -0.2) is 26.6 Å². The summed E-state index contributed by atoms with van der Waals surface area (Å²) in [4.78, 5) is 11.0. The molecule has 0 aliphatic carbocycles. The maximum Gasteiger partial charge on any atom is 0.191 e. The van der Waals surface area contributed by atoms with E-state index in [4.69, 9.17) is 16.0 Å². The molecule has 0 aromatic rings. The second-order valence-corrected chi connectivity index (χ2v) is 10.5. The third kappa shape index (κ3) is 5.69. The molecule has 0 aliphatic rings. The number of ketones is 1. The van der Waals surface area contributed by atoms with E-state index in [1.54, 1.807) is 0 Å². The quantitative estimate of drug-likeness (QED) is 0.409. The summed E-state index contributed by atoms with van der Waals surface area (Å²) in [6.45, 7) is 11.8. The minimum Gasteiger partial charge on any atom is -0.417 e. The average molecular weight is 251 g/mol. The summed E-state index contributed by atoms with van der Waals surface area (Å²) >= 11 is 5.41. The highest BCUT2D eigenvalue weighted by Crippen LogP contribution is 2.36. The van der Waals surface area contributed by atoms with Crippen molar-refractivity contribution < 1.29 is 9.22 Å². The molecule has 90 valence electrons. The van der Waals surface area contributed by atoms with Crippen molar-refractivity contribution in [2.24, 2.45) is 0 Å². The van der Waals surface area contributed by atoms with Crippen molar-refractivity contribution in [1.82, 2.24) is 0 Å². The van der Waals surface area contributed by atoms with Gasteiger partial charge in [-0.2, -0.15) is 0 Å². The number of halogens is 1. The van der Waals surface area contributed by atoms with Crippen LogP contribution in [0.1, 0.15) is 33.6 Å². The van der Waals surface area contributed by atoms with Gasteiger partial charge in [0.05, 0.1) is 5.88 Å². The van der Waals surface area contributed by atoms with E-state index >= 15 is 0 Å². The Morgan fingerprint density at radius 3 is 2.27 bits per heavy atom. The molecule has 0 saturated carbocycles. The zero-order chi connectivity index (χ0) is 12.1. The van der Waals surface area contributed by atoms with Gasteiger partial charge in [-0.1, -0.05) is 20.8 Å². The number of rotatable bonds is 6. The Hall–Kier alpha value is 0.137. The summed E-state index contributed by atoms with van der Waals surface area (Å²) in [5.41, 5.74) is 0. The molecular formula is C11H23ClO2Si. The highest BCUT2D eigenvalue weighted by atomic mass is 35.5. The summed E-state index contributed by atoms with van der Waals surface area (Å²) < 4.78 is 5.93. The van der Waals surface area contributed by atoms with E-state index in [0.717, 1.165) is 6.42 Å². The van der Waals surface area contributed by atoms with Crippen molar-refractivity contribution >= 4 is 25.7 Å². The monoisotopic (exact) mass is 250 g/mol. The van der Waals surface area contributed by atoms with E-state index in [1.165, 1.54) is 0 Å². The Labute approximate surface area is 99.5 Å². The zero-order valence-corrected chi connectivity index (χ0v) is 12.3. The number of alkyl halides is 1. The molecule has 0 spiro atoms. The van der Waals surface area contributed by atoms with E-state index in [-0.39, 0.29) is 16.7 Å². The van der Waals surface area contributed by atoms with Gasteiger partial charge in [0.15, 0.2) is 8.32 Å². The summed E-state index contributed by atoms with van der Waals surface area (Å²) in [5, 5.41) is 0.240. The lowest BCUT2D eigenvalue weighted by molar-refractivity contribution is -0.116. The highest BCUT2D eigenvalue weighted by Gasteiger charge is 2.36. The van der Waals surface area contributed by atoms with Gasteiger partial charge in [-0.15, -0.1) is 11.6 Å². The highest BCUT2D eigenvalue weighted by molar-refractivity contribution is 6.74. The van der Waals surface area contributed by atoms with Crippen LogP contribution in [0.5, 0.6) is 0 Å². The molecule has 0 bridgehead atoms. The smallest absolute Gasteiger partial charge is 0.191 e. The molecule has 0 saturated heterocycles. The summed E-state index contributed by atoms with van der Waals surface area (Å²) in [6.07, 6.45) is 1.33. The molecule has 0 unspecified atom stereocenters. The molecule has 0 rings (SSSR count). The maximum absolute atomic E-state index is 11.0. The van der Waals surface area contributed by atoms with Crippen LogP contribution in [0, 0.1) is 0 Å². The molecule has 0 heterocycles. The summed E-state index contributed by atoms with van der Waals surface area (Å²) in [6, 6.07) is 0. The number of hydrogen-bond acceptors (Lipinski definition) is 2. The van der Waals surface area contributed by atoms with Crippen LogP contribution in [-0.2, 0) is 9.22 Å². The van der Waals surface area contributed by atoms with Gasteiger partial charge >= 0.3 is 0 Å². The minimum atomic E-state index is -1.63. The van der Waals surface area contributed by atoms with Crippen molar-refractivity contribution in [3.8, 4) is 0 Å². The zero-order valence-electron chi connectivity index (χ0n) is 10.5. The fourth-order valence-electron chi connectivity index (χ4n) is 0.880. The lowest BCUT2D eigenvalue weighted by Gasteiger charge is -2.36. The van der Waals surface area contributed by atoms with Gasteiger partial charge < -0.3 is 4.43 Å². The Balaban J connectivity index is 3.82. The van der Waals surface area contributed by atoms with Gasteiger partial charge in [-0.05, 0) is 24.6 Å². The van der Waals surface area contributed by atoms with E-state index in [0.29, 0.717) is 13.0 Å². The van der Waals surface area contributed by atoms with Crippen molar-refractivity contribution in [1.29, 1.82) is 0 Å². The Kier molecular flexibility index (Phi) is 6.07. The van der Waals surface area contributed by atoms with Crippen molar-refractivity contribution in [2.45, 2.75) is 51.7 Å². The Morgan fingerprint density at radius 1 is 1.33 bits per heavy atom. The van der Waals surface area contributed by atoms with Gasteiger partial charge in [0.2, 0.25) is 0 Å². The van der Waals surface area contributed by atoms with Crippen LogP contribution in [0.2, 0.25) is 18.1 Å². The average Bonchev–Trinajstić information content (AvgIpc) is 2.10. The predicted octanol–water partition coefficient (Wildman–Crippen LogP) is 3.60. The maximum atomic E-state index is 11.0. The van der Waals surface area contributed by atoms with E-state index < -0.39 is 8.32 Å². The molecule has 0 amide bonds. The molecule has 0 radical (unpaired) electrons. The molecule has 0 aromatic heterocycles. The van der Waals surface area contributed by atoms with E-state index in [9.17, 15) is 4.79 Å². The predicted molar refractivity (Wildman–Crippen MR) is 68.1 cm³/mol. The van der Waals surface area contributed by atoms with Crippen LogP contribution < -0.4 is 0 Å². The summed E-state index contributed by atoms with van der Waals surface area (Å²) in [7, 11) is -1.63. The first-order chi connectivity index (χ1) is 6.70. The van der Waals surface area contributed by atoms with Crippen molar-refractivity contribution in [3.63, 3.8) is 0 Å². The number of carbonyl (C=O) groups excluding carboxylic acids is 1. The summed E-state index contributed by atoms with van der Waals surface area (Å²) in [5.74, 6) is 0.232. The van der Waals surface area contributed by atoms with Gasteiger partial charge in [-0.25, -0.2) is 0 Å². The minimum absolute atomic E-state index is 0.107. The molecule has 4 heteroatoms. The van der Waals surface area contributed by atoms with Crippen LogP contribution >= 0.6 is 11.6 Å². The fraction of sp³-hybridized carbons (Fsp3) is 0.909. The SMILES string of the molecule is CC(C)(C)[Si](C)(C)OCCCC(=O)CCl. The molecule has 0 N–H and O–H groups in total. The van der Waals surface area contributed by atoms with E-state index in [1.807, 2.05) is 0 Å². The molecule has 2 nitrogen and oxygen atoms in total. The van der Waals surface area contributed by atoms with Crippen molar-refractivity contribution in [3.05, 3.63) is 0 Å².